The summed E-state index contributed by atoms with van der Waals surface area (Å²) in [5, 5.41) is 4.40. The van der Waals surface area contributed by atoms with Gasteiger partial charge in [-0.05, 0) is 40.5 Å². The standard InChI is InChI=1S/C22H34N6O5/c1-8-14-13-27(21(31)33-22(4,5)6)15(9-2)12-26(14)19-23-20(30)25(7)17-11-16(24-28(17)19)18(29)32-10-3/h11,14-15H,8-10,12-13H2,1-7H3/t14-,15+/m0/s1. The molecular weight excluding hydrogens is 428 g/mol. The van der Waals surface area contributed by atoms with Crippen LogP contribution in [-0.4, -0.2) is 73.5 Å². The summed E-state index contributed by atoms with van der Waals surface area (Å²) in [6, 6.07) is 1.28. The highest BCUT2D eigenvalue weighted by molar-refractivity contribution is 5.88. The Morgan fingerprint density at radius 3 is 2.36 bits per heavy atom. The minimum Gasteiger partial charge on any atom is -0.461 e. The van der Waals surface area contributed by atoms with Crippen LogP contribution in [0.4, 0.5) is 10.7 Å². The average Bonchev–Trinajstić information content (AvgIpc) is 3.20. The summed E-state index contributed by atoms with van der Waals surface area (Å²) in [4.78, 5) is 45.9. The van der Waals surface area contributed by atoms with Crippen LogP contribution >= 0.6 is 0 Å². The number of rotatable bonds is 5. The highest BCUT2D eigenvalue weighted by Gasteiger charge is 2.38. The third-order valence-corrected chi connectivity index (χ3v) is 5.71. The lowest BCUT2D eigenvalue weighted by Crippen LogP contribution is -2.61. The predicted molar refractivity (Wildman–Crippen MR) is 123 cm³/mol. The van der Waals surface area contributed by atoms with Crippen LogP contribution in [0.1, 0.15) is 64.9 Å². The van der Waals surface area contributed by atoms with Gasteiger partial charge in [-0.15, -0.1) is 0 Å². The van der Waals surface area contributed by atoms with Gasteiger partial charge >= 0.3 is 17.8 Å². The van der Waals surface area contributed by atoms with E-state index in [0.717, 1.165) is 0 Å². The van der Waals surface area contributed by atoms with E-state index in [4.69, 9.17) is 9.47 Å². The Balaban J connectivity index is 2.04. The molecule has 2 atom stereocenters. The molecule has 0 unspecified atom stereocenters. The molecule has 1 aliphatic rings. The number of aromatic nitrogens is 4. The maximum absolute atomic E-state index is 12.9. The lowest BCUT2D eigenvalue weighted by atomic mass is 10.0. The Morgan fingerprint density at radius 1 is 1.12 bits per heavy atom. The molecule has 1 amide bonds. The summed E-state index contributed by atoms with van der Waals surface area (Å²) in [6.45, 7) is 12.4. The van der Waals surface area contributed by atoms with Gasteiger partial charge in [-0.25, -0.2) is 14.4 Å². The number of fused-ring (bicyclic) bond motifs is 1. The first-order valence-electron chi connectivity index (χ1n) is 11.4. The fraction of sp³-hybridized carbons (Fsp3) is 0.682. The monoisotopic (exact) mass is 462 g/mol. The molecule has 3 heterocycles. The molecule has 0 saturated carbocycles. The molecule has 1 fully saturated rings. The summed E-state index contributed by atoms with van der Waals surface area (Å²) in [5.41, 5.74) is -0.504. The first-order valence-corrected chi connectivity index (χ1v) is 11.4. The molecule has 0 bridgehead atoms. The zero-order valence-electron chi connectivity index (χ0n) is 20.5. The minimum absolute atomic E-state index is 0.105. The Hall–Kier alpha value is -3.11. The molecule has 1 saturated heterocycles. The Morgan fingerprint density at radius 2 is 1.79 bits per heavy atom. The molecule has 0 spiro atoms. The van der Waals surface area contributed by atoms with Crippen molar-refractivity contribution in [3.8, 4) is 0 Å². The number of amides is 1. The van der Waals surface area contributed by atoms with E-state index in [2.05, 4.69) is 10.1 Å². The van der Waals surface area contributed by atoms with E-state index in [1.54, 1.807) is 18.9 Å². The van der Waals surface area contributed by atoms with Gasteiger partial charge in [-0.2, -0.15) is 14.6 Å². The van der Waals surface area contributed by atoms with Crippen LogP contribution < -0.4 is 10.6 Å². The van der Waals surface area contributed by atoms with Gasteiger partial charge in [-0.1, -0.05) is 13.8 Å². The second kappa shape index (κ2) is 9.40. The van der Waals surface area contributed by atoms with Gasteiger partial charge in [-0.3, -0.25) is 4.57 Å². The zero-order chi connectivity index (χ0) is 24.5. The fourth-order valence-corrected chi connectivity index (χ4v) is 3.99. The van der Waals surface area contributed by atoms with Crippen LogP contribution in [0.2, 0.25) is 0 Å². The molecule has 0 aromatic carbocycles. The quantitative estimate of drug-likeness (QED) is 0.622. The summed E-state index contributed by atoms with van der Waals surface area (Å²) in [5.74, 6) is -0.217. The number of carbonyl (C=O) groups excluding carboxylic acids is 2. The maximum atomic E-state index is 12.9. The van der Waals surface area contributed by atoms with E-state index in [1.165, 1.54) is 15.1 Å². The van der Waals surface area contributed by atoms with Crippen molar-refractivity contribution >= 4 is 23.7 Å². The summed E-state index contributed by atoms with van der Waals surface area (Å²) >= 11 is 0. The number of esters is 1. The molecule has 33 heavy (non-hydrogen) atoms. The highest BCUT2D eigenvalue weighted by atomic mass is 16.6. The number of carbonyl (C=O) groups is 2. The molecule has 0 N–H and O–H groups in total. The number of anilines is 1. The lowest BCUT2D eigenvalue weighted by molar-refractivity contribution is 0.00967. The van der Waals surface area contributed by atoms with Crippen molar-refractivity contribution in [1.82, 2.24) is 24.1 Å². The Kier molecular flexibility index (Phi) is 6.99. The molecule has 11 heteroatoms. The van der Waals surface area contributed by atoms with Crippen LogP contribution in [0, 0.1) is 0 Å². The maximum Gasteiger partial charge on any atom is 0.410 e. The Labute approximate surface area is 193 Å². The molecule has 0 aliphatic carbocycles. The van der Waals surface area contributed by atoms with E-state index >= 15 is 0 Å². The van der Waals surface area contributed by atoms with Gasteiger partial charge in [0.25, 0.3) is 0 Å². The zero-order valence-corrected chi connectivity index (χ0v) is 20.5. The molecule has 11 nitrogen and oxygen atoms in total. The fourth-order valence-electron chi connectivity index (χ4n) is 3.99. The summed E-state index contributed by atoms with van der Waals surface area (Å²) in [7, 11) is 1.58. The predicted octanol–water partition coefficient (Wildman–Crippen LogP) is 2.22. The van der Waals surface area contributed by atoms with Gasteiger partial charge in [0.15, 0.2) is 5.69 Å². The van der Waals surface area contributed by atoms with Gasteiger partial charge in [0, 0.05) is 32.2 Å². The van der Waals surface area contributed by atoms with E-state index in [1.807, 2.05) is 39.5 Å². The van der Waals surface area contributed by atoms with Gasteiger partial charge < -0.3 is 19.3 Å². The number of hydrogen-bond acceptors (Lipinski definition) is 8. The van der Waals surface area contributed by atoms with Crippen molar-refractivity contribution < 1.29 is 19.1 Å². The van der Waals surface area contributed by atoms with Crippen LogP contribution in [0.15, 0.2) is 10.9 Å². The molecule has 2 aromatic heterocycles. The van der Waals surface area contributed by atoms with E-state index in [9.17, 15) is 14.4 Å². The van der Waals surface area contributed by atoms with Crippen molar-refractivity contribution in [2.45, 2.75) is 72.1 Å². The smallest absolute Gasteiger partial charge is 0.410 e. The van der Waals surface area contributed by atoms with E-state index < -0.39 is 17.3 Å². The van der Waals surface area contributed by atoms with E-state index in [-0.39, 0.29) is 30.5 Å². The third kappa shape index (κ3) is 4.96. The topological polar surface area (TPSA) is 111 Å². The largest absolute Gasteiger partial charge is 0.461 e. The van der Waals surface area contributed by atoms with E-state index in [0.29, 0.717) is 37.5 Å². The first kappa shape index (κ1) is 24.5. The minimum atomic E-state index is -0.591. The van der Waals surface area contributed by atoms with Crippen molar-refractivity contribution in [2.75, 3.05) is 24.6 Å². The average molecular weight is 463 g/mol. The van der Waals surface area contributed by atoms with Gasteiger partial charge in [0.2, 0.25) is 5.95 Å². The van der Waals surface area contributed by atoms with Crippen LogP contribution in [0.25, 0.3) is 5.65 Å². The molecule has 2 aromatic rings. The first-order chi connectivity index (χ1) is 15.5. The number of piperazine rings is 1. The number of aryl methyl sites for hydroxylation is 1. The molecule has 1 aliphatic heterocycles. The number of ether oxygens (including phenoxy) is 2. The SMILES string of the molecule is CCOC(=O)c1cc2n(C)c(=O)nc(N3C[C@@H](CC)N(C(=O)OC(C)(C)C)C[C@@H]3CC)n2n1. The van der Waals surface area contributed by atoms with Crippen LogP contribution in [-0.2, 0) is 16.5 Å². The van der Waals surface area contributed by atoms with Crippen LogP contribution in [0.3, 0.4) is 0 Å². The molecular formula is C22H34N6O5. The normalized spacial score (nSPS) is 19.1. The van der Waals surface area contributed by atoms with Crippen molar-refractivity contribution in [2.24, 2.45) is 7.05 Å². The lowest BCUT2D eigenvalue weighted by Gasteiger charge is -2.46. The van der Waals surface area contributed by atoms with Crippen LogP contribution in [0.5, 0.6) is 0 Å². The van der Waals surface area contributed by atoms with Gasteiger partial charge in [0.05, 0.1) is 12.6 Å². The highest BCUT2D eigenvalue weighted by Crippen LogP contribution is 2.26. The van der Waals surface area contributed by atoms with Crippen molar-refractivity contribution in [3.63, 3.8) is 0 Å². The molecule has 0 radical (unpaired) electrons. The number of nitrogens with zero attached hydrogens (tertiary/aromatic N) is 6. The van der Waals surface area contributed by atoms with Gasteiger partial charge in [0.1, 0.15) is 11.2 Å². The Bertz CT molecular complexity index is 1090. The second-order valence-electron chi connectivity index (χ2n) is 9.18. The third-order valence-electron chi connectivity index (χ3n) is 5.71. The molecule has 182 valence electrons. The number of hydrogen-bond donors (Lipinski definition) is 0. The van der Waals surface area contributed by atoms with Crippen molar-refractivity contribution in [3.05, 3.63) is 22.2 Å². The summed E-state index contributed by atoms with van der Waals surface area (Å²) in [6.07, 6.45) is 1.06. The van der Waals surface area contributed by atoms with Crippen molar-refractivity contribution in [1.29, 1.82) is 0 Å². The second-order valence-corrected chi connectivity index (χ2v) is 9.18. The molecule has 3 rings (SSSR count). The summed E-state index contributed by atoms with van der Waals surface area (Å²) < 4.78 is 13.6.